The fourth-order valence-electron chi connectivity index (χ4n) is 2.39. The molecule has 21 heavy (non-hydrogen) atoms. The van der Waals surface area contributed by atoms with Crippen LogP contribution in [0.3, 0.4) is 0 Å². The highest BCUT2D eigenvalue weighted by molar-refractivity contribution is 5.94. The highest BCUT2D eigenvalue weighted by Gasteiger charge is 2.33. The number of aliphatic hydroxyl groups excluding tert-OH is 1. The third-order valence-electron chi connectivity index (χ3n) is 3.37. The molecule has 0 radical (unpaired) electrons. The average molecular weight is 302 g/mol. The molecule has 1 aromatic carbocycles. The summed E-state index contributed by atoms with van der Waals surface area (Å²) >= 11 is 0. The number of carbonyl (C=O) groups is 1. The molecule has 1 heterocycles. The van der Waals surface area contributed by atoms with E-state index in [2.05, 4.69) is 5.32 Å². The molecule has 0 fully saturated rings. The summed E-state index contributed by atoms with van der Waals surface area (Å²) < 4.78 is 37.5. The first kappa shape index (κ1) is 15.8. The fourth-order valence-corrected chi connectivity index (χ4v) is 2.39. The van der Waals surface area contributed by atoms with Crippen LogP contribution in [0.2, 0.25) is 0 Å². The number of nitrogens with one attached hydrogen (secondary N) is 1. The molecule has 0 saturated carbocycles. The zero-order chi connectivity index (χ0) is 15.5. The number of carbonyl (C=O) groups excluding carboxylic acids is 1. The van der Waals surface area contributed by atoms with E-state index in [1.54, 1.807) is 18.2 Å². The zero-order valence-corrected chi connectivity index (χ0v) is 11.4. The van der Waals surface area contributed by atoms with Crippen molar-refractivity contribution in [2.75, 3.05) is 26.2 Å². The van der Waals surface area contributed by atoms with Crippen molar-refractivity contribution in [2.24, 2.45) is 0 Å². The summed E-state index contributed by atoms with van der Waals surface area (Å²) in [5.74, 6) is -0.713. The molecular formula is C14H17F3N2O2. The largest absolute Gasteiger partial charge is 0.406 e. The van der Waals surface area contributed by atoms with E-state index in [4.69, 9.17) is 5.11 Å². The van der Waals surface area contributed by atoms with Gasteiger partial charge in [-0.2, -0.15) is 13.2 Å². The Balaban J connectivity index is 2.20. The first-order chi connectivity index (χ1) is 9.90. The number of alkyl halides is 3. The first-order valence-corrected chi connectivity index (χ1v) is 6.70. The first-order valence-electron chi connectivity index (χ1n) is 6.70. The van der Waals surface area contributed by atoms with Gasteiger partial charge in [0.25, 0.3) is 5.91 Å². The van der Waals surface area contributed by atoms with Gasteiger partial charge in [0.05, 0.1) is 6.61 Å². The standard InChI is InChI=1S/C14H17F3N2O2/c15-14(16,17)9-19(5-6-20)13(21)11-2-1-10-3-4-18-8-12(10)7-11/h1-2,7,18,20H,3-6,8-9H2. The Kier molecular flexibility index (Phi) is 4.84. The summed E-state index contributed by atoms with van der Waals surface area (Å²) in [6.45, 7) is -0.746. The number of hydrogen-bond donors (Lipinski definition) is 2. The summed E-state index contributed by atoms with van der Waals surface area (Å²) in [7, 11) is 0. The van der Waals surface area contributed by atoms with E-state index in [0.29, 0.717) is 11.4 Å². The molecule has 0 bridgehead atoms. The van der Waals surface area contributed by atoms with Gasteiger partial charge in [-0.1, -0.05) is 6.07 Å². The zero-order valence-electron chi connectivity index (χ0n) is 11.4. The molecule has 7 heteroatoms. The minimum Gasteiger partial charge on any atom is -0.395 e. The van der Waals surface area contributed by atoms with Crippen LogP contribution in [0.5, 0.6) is 0 Å². The van der Waals surface area contributed by atoms with E-state index in [1.165, 1.54) is 0 Å². The lowest BCUT2D eigenvalue weighted by Crippen LogP contribution is -2.40. The molecule has 4 nitrogen and oxygen atoms in total. The number of hydrogen-bond acceptors (Lipinski definition) is 3. The molecule has 0 aliphatic carbocycles. The molecular weight excluding hydrogens is 285 g/mol. The smallest absolute Gasteiger partial charge is 0.395 e. The van der Waals surface area contributed by atoms with Crippen LogP contribution < -0.4 is 5.32 Å². The topological polar surface area (TPSA) is 52.6 Å². The van der Waals surface area contributed by atoms with Gasteiger partial charge in [0.15, 0.2) is 0 Å². The van der Waals surface area contributed by atoms with Crippen molar-refractivity contribution in [2.45, 2.75) is 19.1 Å². The van der Waals surface area contributed by atoms with Gasteiger partial charge in [0, 0.05) is 18.7 Å². The monoisotopic (exact) mass is 302 g/mol. The molecule has 1 amide bonds. The number of rotatable bonds is 4. The van der Waals surface area contributed by atoms with Crippen LogP contribution in [0.4, 0.5) is 13.2 Å². The van der Waals surface area contributed by atoms with Gasteiger partial charge in [-0.3, -0.25) is 4.79 Å². The Morgan fingerprint density at radius 2 is 2.10 bits per heavy atom. The summed E-state index contributed by atoms with van der Waals surface area (Å²) in [5, 5.41) is 12.0. The van der Waals surface area contributed by atoms with Crippen LogP contribution in [0, 0.1) is 0 Å². The minimum absolute atomic E-state index is 0.218. The number of nitrogens with zero attached hydrogens (tertiary/aromatic N) is 1. The fraction of sp³-hybridized carbons (Fsp3) is 0.500. The predicted molar refractivity (Wildman–Crippen MR) is 70.9 cm³/mol. The lowest BCUT2D eigenvalue weighted by molar-refractivity contribution is -0.141. The maximum Gasteiger partial charge on any atom is 0.406 e. The Hall–Kier alpha value is -1.60. The second kappa shape index (κ2) is 6.44. The highest BCUT2D eigenvalue weighted by atomic mass is 19.4. The molecule has 2 N–H and O–H groups in total. The van der Waals surface area contributed by atoms with Crippen LogP contribution in [0.25, 0.3) is 0 Å². The van der Waals surface area contributed by atoms with E-state index >= 15 is 0 Å². The van der Waals surface area contributed by atoms with E-state index in [1.807, 2.05) is 0 Å². The number of amides is 1. The van der Waals surface area contributed by atoms with Gasteiger partial charge >= 0.3 is 6.18 Å². The molecule has 116 valence electrons. The van der Waals surface area contributed by atoms with Crippen molar-refractivity contribution >= 4 is 5.91 Å². The summed E-state index contributed by atoms with van der Waals surface area (Å²) in [4.78, 5) is 12.8. The van der Waals surface area contributed by atoms with E-state index < -0.39 is 25.2 Å². The van der Waals surface area contributed by atoms with Gasteiger partial charge in [-0.15, -0.1) is 0 Å². The molecule has 1 aliphatic heterocycles. The van der Waals surface area contributed by atoms with Gasteiger partial charge in [-0.25, -0.2) is 0 Å². The molecule has 0 unspecified atom stereocenters. The number of halogens is 3. The van der Waals surface area contributed by atoms with E-state index in [0.717, 1.165) is 24.1 Å². The van der Waals surface area contributed by atoms with Crippen molar-refractivity contribution in [3.05, 3.63) is 34.9 Å². The molecule has 0 atom stereocenters. The molecule has 2 rings (SSSR count). The summed E-state index contributed by atoms with van der Waals surface area (Å²) in [6.07, 6.45) is -3.65. The Bertz CT molecular complexity index is 517. The molecule has 0 spiro atoms. The summed E-state index contributed by atoms with van der Waals surface area (Å²) in [6, 6.07) is 4.96. The average Bonchev–Trinajstić information content (AvgIpc) is 2.44. The number of benzene rings is 1. The van der Waals surface area contributed by atoms with Crippen molar-refractivity contribution in [3.63, 3.8) is 0 Å². The number of aliphatic hydroxyl groups is 1. The highest BCUT2D eigenvalue weighted by Crippen LogP contribution is 2.20. The van der Waals surface area contributed by atoms with Crippen molar-refractivity contribution in [1.82, 2.24) is 10.2 Å². The Morgan fingerprint density at radius 1 is 1.33 bits per heavy atom. The van der Waals surface area contributed by atoms with Gasteiger partial charge < -0.3 is 15.3 Å². The predicted octanol–water partition coefficient (Wildman–Crippen LogP) is 1.33. The maximum absolute atomic E-state index is 12.5. The van der Waals surface area contributed by atoms with Crippen molar-refractivity contribution in [3.8, 4) is 0 Å². The molecule has 1 aromatic rings. The van der Waals surface area contributed by atoms with Crippen LogP contribution in [0.1, 0.15) is 21.5 Å². The van der Waals surface area contributed by atoms with Crippen LogP contribution >= 0.6 is 0 Å². The third kappa shape index (κ3) is 4.18. The van der Waals surface area contributed by atoms with Crippen molar-refractivity contribution in [1.29, 1.82) is 0 Å². The number of fused-ring (bicyclic) bond motifs is 1. The lowest BCUT2D eigenvalue weighted by atomic mass is 9.98. The SMILES string of the molecule is O=C(c1ccc2c(c1)CNCC2)N(CCO)CC(F)(F)F. The molecule has 1 aliphatic rings. The second-order valence-electron chi connectivity index (χ2n) is 4.98. The van der Waals surface area contributed by atoms with E-state index in [9.17, 15) is 18.0 Å². The Morgan fingerprint density at radius 3 is 2.76 bits per heavy atom. The Labute approximate surface area is 120 Å². The van der Waals surface area contributed by atoms with Crippen molar-refractivity contribution < 1.29 is 23.1 Å². The molecule has 0 saturated heterocycles. The maximum atomic E-state index is 12.5. The van der Waals surface area contributed by atoms with Gasteiger partial charge in [0.2, 0.25) is 0 Å². The minimum atomic E-state index is -4.49. The third-order valence-corrected chi connectivity index (χ3v) is 3.37. The van der Waals surface area contributed by atoms with Crippen LogP contribution in [-0.4, -0.2) is 48.3 Å². The van der Waals surface area contributed by atoms with Gasteiger partial charge in [-0.05, 0) is 36.2 Å². The molecule has 0 aromatic heterocycles. The van der Waals surface area contributed by atoms with E-state index in [-0.39, 0.29) is 12.1 Å². The van der Waals surface area contributed by atoms with Crippen LogP contribution in [0.15, 0.2) is 18.2 Å². The quantitative estimate of drug-likeness (QED) is 0.882. The normalized spacial score (nSPS) is 14.7. The van der Waals surface area contributed by atoms with Gasteiger partial charge in [0.1, 0.15) is 6.54 Å². The van der Waals surface area contributed by atoms with Crippen LogP contribution in [-0.2, 0) is 13.0 Å². The summed E-state index contributed by atoms with van der Waals surface area (Å²) in [5.41, 5.74) is 2.26. The second-order valence-corrected chi connectivity index (χ2v) is 4.98. The lowest BCUT2D eigenvalue weighted by Gasteiger charge is -2.24.